The molecule has 0 spiro atoms. The summed E-state index contributed by atoms with van der Waals surface area (Å²) in [6, 6.07) is 23.0. The lowest BCUT2D eigenvalue weighted by Gasteiger charge is -2.27. The van der Waals surface area contributed by atoms with Crippen LogP contribution in [0.25, 0.3) is 0 Å². The van der Waals surface area contributed by atoms with Crippen molar-refractivity contribution in [3.63, 3.8) is 0 Å². The van der Waals surface area contributed by atoms with Crippen LogP contribution in [0.1, 0.15) is 0 Å². The van der Waals surface area contributed by atoms with Gasteiger partial charge in [-0.1, -0.05) is 30.3 Å². The summed E-state index contributed by atoms with van der Waals surface area (Å²) in [5.74, 6) is -0.168. The Labute approximate surface area is 174 Å². The van der Waals surface area contributed by atoms with E-state index in [9.17, 15) is 9.59 Å². The van der Waals surface area contributed by atoms with Crippen molar-refractivity contribution in [3.05, 3.63) is 78.9 Å². The number of fused-ring (bicyclic) bond motifs is 1. The number of nitrogens with two attached hydrogens (primary N) is 1. The SMILES string of the molecule is Nc1ccc(N(C(=O)C(=O)NCC2COc3ccccc3O2)c2ccccc2)cc1. The van der Waals surface area contributed by atoms with E-state index in [-0.39, 0.29) is 13.2 Å². The molecular formula is C23H21N3O4. The molecule has 1 atom stereocenters. The van der Waals surface area contributed by atoms with Crippen LogP contribution in [0.2, 0.25) is 0 Å². The Morgan fingerprint density at radius 3 is 2.27 bits per heavy atom. The first kappa shape index (κ1) is 19.3. The number of amides is 2. The van der Waals surface area contributed by atoms with E-state index in [1.807, 2.05) is 24.3 Å². The van der Waals surface area contributed by atoms with Crippen molar-refractivity contribution < 1.29 is 19.1 Å². The van der Waals surface area contributed by atoms with Crippen molar-refractivity contribution in [1.29, 1.82) is 0 Å². The number of rotatable bonds is 4. The normalized spacial score (nSPS) is 14.6. The van der Waals surface area contributed by atoms with Crippen molar-refractivity contribution in [2.24, 2.45) is 0 Å². The highest BCUT2D eigenvalue weighted by molar-refractivity contribution is 6.42. The summed E-state index contributed by atoms with van der Waals surface area (Å²) in [5.41, 5.74) is 7.45. The third-order valence-electron chi connectivity index (χ3n) is 4.62. The molecule has 0 aliphatic carbocycles. The summed E-state index contributed by atoms with van der Waals surface area (Å²) in [7, 11) is 0. The van der Waals surface area contributed by atoms with Crippen molar-refractivity contribution >= 4 is 28.9 Å². The van der Waals surface area contributed by atoms with Gasteiger partial charge in [0.2, 0.25) is 0 Å². The lowest BCUT2D eigenvalue weighted by Crippen LogP contribution is -2.46. The van der Waals surface area contributed by atoms with Gasteiger partial charge in [0.1, 0.15) is 12.7 Å². The number of para-hydroxylation sites is 3. The molecule has 30 heavy (non-hydrogen) atoms. The molecule has 7 heteroatoms. The number of carbonyl (C=O) groups excluding carboxylic acids is 2. The lowest BCUT2D eigenvalue weighted by molar-refractivity contribution is -0.137. The van der Waals surface area contributed by atoms with Crippen LogP contribution in [0, 0.1) is 0 Å². The number of hydrogen-bond acceptors (Lipinski definition) is 5. The summed E-state index contributed by atoms with van der Waals surface area (Å²) in [4.78, 5) is 27.0. The van der Waals surface area contributed by atoms with Crippen LogP contribution in [0.3, 0.4) is 0 Å². The second-order valence-corrected chi connectivity index (χ2v) is 6.78. The number of anilines is 3. The molecule has 4 rings (SSSR count). The first-order valence-corrected chi connectivity index (χ1v) is 9.53. The predicted molar refractivity (Wildman–Crippen MR) is 114 cm³/mol. The highest BCUT2D eigenvalue weighted by atomic mass is 16.6. The van der Waals surface area contributed by atoms with E-state index in [1.54, 1.807) is 54.6 Å². The molecule has 0 saturated heterocycles. The zero-order chi connectivity index (χ0) is 20.9. The van der Waals surface area contributed by atoms with Crippen LogP contribution in [0.15, 0.2) is 78.9 Å². The minimum Gasteiger partial charge on any atom is -0.486 e. The van der Waals surface area contributed by atoms with Crippen LogP contribution < -0.4 is 25.4 Å². The number of hydrogen-bond donors (Lipinski definition) is 2. The molecule has 3 aromatic carbocycles. The zero-order valence-electron chi connectivity index (χ0n) is 16.2. The van der Waals surface area contributed by atoms with Gasteiger partial charge >= 0.3 is 11.8 Å². The third-order valence-corrected chi connectivity index (χ3v) is 4.62. The maximum absolute atomic E-state index is 13.0. The van der Waals surface area contributed by atoms with Gasteiger partial charge in [0.15, 0.2) is 11.5 Å². The molecule has 1 unspecified atom stereocenters. The van der Waals surface area contributed by atoms with Gasteiger partial charge in [-0.05, 0) is 48.5 Å². The van der Waals surface area contributed by atoms with Gasteiger partial charge in [-0.3, -0.25) is 14.5 Å². The van der Waals surface area contributed by atoms with E-state index in [0.717, 1.165) is 0 Å². The molecule has 1 aliphatic rings. The number of benzene rings is 3. The summed E-state index contributed by atoms with van der Waals surface area (Å²) < 4.78 is 11.5. The molecule has 0 radical (unpaired) electrons. The summed E-state index contributed by atoms with van der Waals surface area (Å²) >= 11 is 0. The molecule has 2 amide bonds. The monoisotopic (exact) mass is 403 g/mol. The van der Waals surface area contributed by atoms with Gasteiger partial charge in [0.25, 0.3) is 0 Å². The van der Waals surface area contributed by atoms with Gasteiger partial charge in [-0.2, -0.15) is 0 Å². The fraction of sp³-hybridized carbons (Fsp3) is 0.130. The predicted octanol–water partition coefficient (Wildman–Crippen LogP) is 2.89. The first-order chi connectivity index (χ1) is 14.6. The smallest absolute Gasteiger partial charge is 0.320 e. The third kappa shape index (κ3) is 4.20. The molecule has 0 fully saturated rings. The molecule has 0 bridgehead atoms. The topological polar surface area (TPSA) is 93.9 Å². The van der Waals surface area contributed by atoms with Crippen LogP contribution in [0.5, 0.6) is 11.5 Å². The van der Waals surface area contributed by atoms with Crippen molar-refractivity contribution in [2.45, 2.75) is 6.10 Å². The molecule has 0 aromatic heterocycles. The maximum Gasteiger partial charge on any atom is 0.320 e. The molecule has 0 saturated carbocycles. The van der Waals surface area contributed by atoms with Gasteiger partial charge in [0, 0.05) is 17.1 Å². The fourth-order valence-electron chi connectivity index (χ4n) is 3.13. The molecule has 1 heterocycles. The van der Waals surface area contributed by atoms with Crippen molar-refractivity contribution in [1.82, 2.24) is 5.32 Å². The standard InChI is InChI=1S/C23H21N3O4/c24-16-10-12-18(13-11-16)26(17-6-2-1-3-7-17)23(28)22(27)25-14-19-15-29-20-8-4-5-9-21(20)30-19/h1-13,19H,14-15,24H2,(H,25,27). The largest absolute Gasteiger partial charge is 0.486 e. The van der Waals surface area contributed by atoms with E-state index in [2.05, 4.69) is 5.32 Å². The molecule has 1 aliphatic heterocycles. The zero-order valence-corrected chi connectivity index (χ0v) is 16.2. The van der Waals surface area contributed by atoms with Crippen molar-refractivity contribution in [3.8, 4) is 11.5 Å². The Hall–Kier alpha value is -4.00. The highest BCUT2D eigenvalue weighted by Gasteiger charge is 2.27. The number of ether oxygens (including phenoxy) is 2. The average Bonchev–Trinajstić information content (AvgIpc) is 2.79. The van der Waals surface area contributed by atoms with Crippen LogP contribution in [-0.2, 0) is 9.59 Å². The maximum atomic E-state index is 13.0. The number of nitrogen functional groups attached to an aromatic ring is 1. The Balaban J connectivity index is 1.46. The Kier molecular flexibility index (Phi) is 5.52. The van der Waals surface area contributed by atoms with E-state index in [0.29, 0.717) is 28.6 Å². The minimum atomic E-state index is -0.738. The number of nitrogens with zero attached hydrogens (tertiary/aromatic N) is 1. The number of nitrogens with one attached hydrogen (secondary N) is 1. The van der Waals surface area contributed by atoms with Gasteiger partial charge < -0.3 is 20.5 Å². The van der Waals surface area contributed by atoms with Gasteiger partial charge in [-0.15, -0.1) is 0 Å². The minimum absolute atomic E-state index is 0.142. The quantitative estimate of drug-likeness (QED) is 0.516. The van der Waals surface area contributed by atoms with Gasteiger partial charge in [0.05, 0.1) is 6.54 Å². The van der Waals surface area contributed by atoms with Crippen LogP contribution in [0.4, 0.5) is 17.1 Å². The Bertz CT molecular complexity index is 1040. The Morgan fingerprint density at radius 2 is 1.53 bits per heavy atom. The second kappa shape index (κ2) is 8.57. The highest BCUT2D eigenvalue weighted by Crippen LogP contribution is 2.30. The van der Waals surface area contributed by atoms with E-state index in [1.165, 1.54) is 4.90 Å². The molecule has 7 nitrogen and oxygen atoms in total. The molecule has 3 N–H and O–H groups in total. The molecule has 152 valence electrons. The second-order valence-electron chi connectivity index (χ2n) is 6.78. The lowest BCUT2D eigenvalue weighted by atomic mass is 10.2. The van der Waals surface area contributed by atoms with Crippen LogP contribution in [-0.4, -0.2) is 31.1 Å². The number of carbonyl (C=O) groups is 2. The molecule has 3 aromatic rings. The average molecular weight is 403 g/mol. The summed E-state index contributed by atoms with van der Waals surface area (Å²) in [6.45, 7) is 0.426. The molecular weight excluding hydrogens is 382 g/mol. The fourth-order valence-corrected chi connectivity index (χ4v) is 3.13. The van der Waals surface area contributed by atoms with E-state index < -0.39 is 17.9 Å². The Morgan fingerprint density at radius 1 is 0.900 bits per heavy atom. The van der Waals surface area contributed by atoms with Gasteiger partial charge in [-0.25, -0.2) is 0 Å². The first-order valence-electron chi connectivity index (χ1n) is 9.53. The van der Waals surface area contributed by atoms with Crippen molar-refractivity contribution in [2.75, 3.05) is 23.8 Å². The van der Waals surface area contributed by atoms with E-state index >= 15 is 0 Å². The van der Waals surface area contributed by atoms with E-state index in [4.69, 9.17) is 15.2 Å². The summed E-state index contributed by atoms with van der Waals surface area (Å²) in [5, 5.41) is 2.65. The van der Waals surface area contributed by atoms with Crippen LogP contribution >= 0.6 is 0 Å². The summed E-state index contributed by atoms with van der Waals surface area (Å²) in [6.07, 6.45) is -0.390.